The van der Waals surface area contributed by atoms with Gasteiger partial charge in [-0.05, 0) is 37.1 Å². The second-order valence-electron chi connectivity index (χ2n) is 4.06. The molecule has 0 saturated carbocycles. The smallest absolute Gasteiger partial charge is 0.219 e. The summed E-state index contributed by atoms with van der Waals surface area (Å²) < 4.78 is 5.68. The third-order valence-electron chi connectivity index (χ3n) is 2.61. The van der Waals surface area contributed by atoms with Crippen LogP contribution in [0.25, 0.3) is 0 Å². The Kier molecular flexibility index (Phi) is 4.10. The van der Waals surface area contributed by atoms with E-state index in [2.05, 4.69) is 4.98 Å². The Morgan fingerprint density at radius 1 is 1.17 bits per heavy atom. The minimum absolute atomic E-state index is 0.449. The Labute approximate surface area is 117 Å². The van der Waals surface area contributed by atoms with Crippen LogP contribution in [0.15, 0.2) is 30.3 Å². The van der Waals surface area contributed by atoms with Gasteiger partial charge >= 0.3 is 0 Å². The minimum atomic E-state index is 0.449. The zero-order valence-corrected chi connectivity index (χ0v) is 11.7. The number of aromatic nitrogens is 1. The maximum Gasteiger partial charge on any atom is 0.219 e. The molecule has 0 saturated heterocycles. The van der Waals surface area contributed by atoms with Crippen LogP contribution in [0.5, 0.6) is 11.6 Å². The zero-order valence-electron chi connectivity index (χ0n) is 10.2. The summed E-state index contributed by atoms with van der Waals surface area (Å²) in [4.78, 5) is 4.34. The van der Waals surface area contributed by atoms with Crippen molar-refractivity contribution in [1.29, 1.82) is 0 Å². The van der Waals surface area contributed by atoms with Gasteiger partial charge in [0.15, 0.2) is 0 Å². The van der Waals surface area contributed by atoms with Gasteiger partial charge in [0.25, 0.3) is 0 Å². The lowest BCUT2D eigenvalue weighted by Crippen LogP contribution is -1.94. The first-order chi connectivity index (χ1) is 8.60. The normalized spacial score (nSPS) is 10.4. The molecule has 0 aliphatic rings. The van der Waals surface area contributed by atoms with Gasteiger partial charge < -0.3 is 4.74 Å². The van der Waals surface area contributed by atoms with Gasteiger partial charge in [0, 0.05) is 17.6 Å². The molecule has 0 fully saturated rings. The van der Waals surface area contributed by atoms with Crippen molar-refractivity contribution in [3.05, 3.63) is 52.2 Å². The van der Waals surface area contributed by atoms with E-state index in [9.17, 15) is 0 Å². The molecule has 0 amide bonds. The molecule has 1 aromatic carbocycles. The summed E-state index contributed by atoms with van der Waals surface area (Å²) in [5, 5.41) is 0.571. The predicted molar refractivity (Wildman–Crippen MR) is 74.8 cm³/mol. The van der Waals surface area contributed by atoms with Crippen molar-refractivity contribution in [3.63, 3.8) is 0 Å². The van der Waals surface area contributed by atoms with Gasteiger partial charge in [-0.3, -0.25) is 0 Å². The molecule has 0 radical (unpaired) electrons. The van der Waals surface area contributed by atoms with Gasteiger partial charge in [0.05, 0.1) is 5.02 Å². The lowest BCUT2D eigenvalue weighted by Gasteiger charge is -2.09. The molecule has 2 nitrogen and oxygen atoms in total. The third kappa shape index (κ3) is 2.95. The van der Waals surface area contributed by atoms with Crippen LogP contribution >= 0.6 is 23.2 Å². The lowest BCUT2D eigenvalue weighted by atomic mass is 10.2. The second-order valence-corrected chi connectivity index (χ2v) is 4.74. The summed E-state index contributed by atoms with van der Waals surface area (Å²) in [5.41, 5.74) is 2.95. The second kappa shape index (κ2) is 5.59. The van der Waals surface area contributed by atoms with Crippen molar-refractivity contribution in [1.82, 2.24) is 4.98 Å². The highest BCUT2D eigenvalue weighted by Gasteiger charge is 2.06. The number of rotatable bonds is 3. The Morgan fingerprint density at radius 3 is 2.61 bits per heavy atom. The van der Waals surface area contributed by atoms with Crippen LogP contribution < -0.4 is 4.74 Å². The maximum atomic E-state index is 6.07. The van der Waals surface area contributed by atoms with Crippen LogP contribution in [0.3, 0.4) is 0 Å². The molecule has 0 N–H and O–H groups in total. The third-order valence-corrected chi connectivity index (χ3v) is 3.22. The van der Waals surface area contributed by atoms with E-state index in [-0.39, 0.29) is 0 Å². The first kappa shape index (κ1) is 13.2. The zero-order chi connectivity index (χ0) is 13.1. The Hall–Kier alpha value is -1.25. The van der Waals surface area contributed by atoms with Crippen molar-refractivity contribution in [3.8, 4) is 11.6 Å². The monoisotopic (exact) mass is 281 g/mol. The molecule has 2 aromatic rings. The molecule has 4 heteroatoms. The van der Waals surface area contributed by atoms with Crippen LogP contribution in [0, 0.1) is 13.8 Å². The maximum absolute atomic E-state index is 6.07. The van der Waals surface area contributed by atoms with E-state index in [1.54, 1.807) is 6.07 Å². The van der Waals surface area contributed by atoms with Gasteiger partial charge in [-0.25, -0.2) is 4.98 Å². The molecule has 0 aliphatic carbocycles. The highest BCUT2D eigenvalue weighted by Crippen LogP contribution is 2.29. The predicted octanol–water partition coefficient (Wildman–Crippen LogP) is 4.88. The van der Waals surface area contributed by atoms with Crippen LogP contribution in [-0.2, 0) is 5.88 Å². The molecule has 0 bridgehead atoms. The number of ether oxygens (including phenoxy) is 1. The number of alkyl halides is 1. The summed E-state index contributed by atoms with van der Waals surface area (Å²) in [6.45, 7) is 3.89. The first-order valence-corrected chi connectivity index (χ1v) is 6.48. The van der Waals surface area contributed by atoms with E-state index in [4.69, 9.17) is 27.9 Å². The van der Waals surface area contributed by atoms with Crippen LogP contribution in [-0.4, -0.2) is 4.98 Å². The van der Waals surface area contributed by atoms with Crippen LogP contribution in [0.4, 0.5) is 0 Å². The molecule has 94 valence electrons. The van der Waals surface area contributed by atoms with Crippen molar-refractivity contribution >= 4 is 23.2 Å². The fraction of sp³-hybridized carbons (Fsp3) is 0.214. The number of halogens is 2. The molecule has 2 rings (SSSR count). The summed E-state index contributed by atoms with van der Waals surface area (Å²) in [6, 6.07) is 9.34. The molecule has 0 unspecified atom stereocenters. The minimum Gasteiger partial charge on any atom is -0.437 e. The molecular weight excluding hydrogens is 269 g/mol. The topological polar surface area (TPSA) is 22.1 Å². The SMILES string of the molecule is Cc1ccc(Cl)c(Oc2ccc(CCl)c(C)n2)c1. The number of hydrogen-bond donors (Lipinski definition) is 0. The van der Waals surface area contributed by atoms with E-state index in [1.807, 2.05) is 38.1 Å². The van der Waals surface area contributed by atoms with Crippen LogP contribution in [0.1, 0.15) is 16.8 Å². The average molecular weight is 282 g/mol. The van der Waals surface area contributed by atoms with Gasteiger partial charge in [-0.2, -0.15) is 0 Å². The number of pyridine rings is 1. The summed E-state index contributed by atoms with van der Waals surface area (Å²) in [5.74, 6) is 1.58. The molecule has 0 atom stereocenters. The molecule has 1 aromatic heterocycles. The Bertz CT molecular complexity index is 570. The first-order valence-electron chi connectivity index (χ1n) is 5.56. The average Bonchev–Trinajstić information content (AvgIpc) is 2.34. The van der Waals surface area contributed by atoms with Crippen molar-refractivity contribution < 1.29 is 4.74 Å². The van der Waals surface area contributed by atoms with Gasteiger partial charge in [0.2, 0.25) is 5.88 Å². The summed E-state index contributed by atoms with van der Waals surface area (Å²) in [6.07, 6.45) is 0. The quantitative estimate of drug-likeness (QED) is 0.748. The Morgan fingerprint density at radius 2 is 1.94 bits per heavy atom. The van der Waals surface area contributed by atoms with Gasteiger partial charge in [-0.15, -0.1) is 11.6 Å². The van der Waals surface area contributed by atoms with Crippen molar-refractivity contribution in [2.24, 2.45) is 0 Å². The number of benzene rings is 1. The lowest BCUT2D eigenvalue weighted by molar-refractivity contribution is 0.461. The van der Waals surface area contributed by atoms with Crippen LogP contribution in [0.2, 0.25) is 5.02 Å². The highest BCUT2D eigenvalue weighted by atomic mass is 35.5. The van der Waals surface area contributed by atoms with E-state index in [0.717, 1.165) is 16.8 Å². The van der Waals surface area contributed by atoms with Crippen molar-refractivity contribution in [2.75, 3.05) is 0 Å². The van der Waals surface area contributed by atoms with E-state index >= 15 is 0 Å². The largest absolute Gasteiger partial charge is 0.437 e. The van der Waals surface area contributed by atoms with Gasteiger partial charge in [-0.1, -0.05) is 23.7 Å². The Balaban J connectivity index is 2.28. The molecule has 0 spiro atoms. The summed E-state index contributed by atoms with van der Waals surface area (Å²) in [7, 11) is 0. The van der Waals surface area contributed by atoms with Gasteiger partial charge in [0.1, 0.15) is 5.75 Å². The van der Waals surface area contributed by atoms with E-state index < -0.39 is 0 Å². The molecule has 1 heterocycles. The molecular formula is C14H13Cl2NO. The number of aryl methyl sites for hydroxylation is 2. The number of hydrogen-bond acceptors (Lipinski definition) is 2. The highest BCUT2D eigenvalue weighted by molar-refractivity contribution is 6.32. The summed E-state index contributed by atoms with van der Waals surface area (Å²) >= 11 is 11.9. The molecule has 0 aliphatic heterocycles. The number of nitrogens with zero attached hydrogens (tertiary/aromatic N) is 1. The van der Waals surface area contributed by atoms with Crippen molar-refractivity contribution in [2.45, 2.75) is 19.7 Å². The standard InChI is InChI=1S/C14H13Cl2NO/c1-9-3-5-12(16)13(7-9)18-14-6-4-11(8-15)10(2)17-14/h3-7H,8H2,1-2H3. The fourth-order valence-corrected chi connectivity index (χ4v) is 2.00. The van der Waals surface area contributed by atoms with E-state index in [1.165, 1.54) is 0 Å². The van der Waals surface area contributed by atoms with E-state index in [0.29, 0.717) is 22.5 Å². The fourth-order valence-electron chi connectivity index (χ4n) is 1.57. The molecule has 18 heavy (non-hydrogen) atoms.